The minimum Gasteiger partial charge on any atom is -0.488 e. The molecule has 2 aromatic rings. The number of aromatic carboxylic acids is 1. The summed E-state index contributed by atoms with van der Waals surface area (Å²) in [5, 5.41) is 19.4. The largest absolute Gasteiger partial charge is 0.488 e. The summed E-state index contributed by atoms with van der Waals surface area (Å²) in [4.78, 5) is 21.9. The van der Waals surface area contributed by atoms with Crippen LogP contribution in [0.3, 0.4) is 0 Å². The molecule has 7 heteroatoms. The van der Waals surface area contributed by atoms with Crippen LogP contribution >= 0.6 is 11.3 Å². The molecule has 104 valence electrons. The maximum Gasteiger partial charge on any atom is 0.345 e. The molecule has 20 heavy (non-hydrogen) atoms. The Bertz CT molecular complexity index is 665. The van der Waals surface area contributed by atoms with E-state index in [0.29, 0.717) is 11.3 Å². The highest BCUT2D eigenvalue weighted by molar-refractivity contribution is 7.13. The summed E-state index contributed by atoms with van der Waals surface area (Å²) >= 11 is 1.14. The van der Waals surface area contributed by atoms with E-state index >= 15 is 0 Å². The molecule has 0 aliphatic carbocycles. The first-order valence-electron chi connectivity index (χ1n) is 5.67. The van der Waals surface area contributed by atoms with Crippen LogP contribution in [0.5, 0.6) is 5.75 Å². The van der Waals surface area contributed by atoms with Gasteiger partial charge in [-0.05, 0) is 30.7 Å². The number of carboxylic acids is 1. The SMILES string of the molecule is Cc1cc([N+](=O)[O-])ccc1OCc1ccc(C(=O)O)s1. The summed E-state index contributed by atoms with van der Waals surface area (Å²) in [7, 11) is 0. The molecule has 1 heterocycles. The molecule has 0 aliphatic heterocycles. The normalized spacial score (nSPS) is 10.2. The van der Waals surface area contributed by atoms with Crippen LogP contribution in [0.4, 0.5) is 5.69 Å². The van der Waals surface area contributed by atoms with E-state index in [2.05, 4.69) is 0 Å². The predicted octanol–water partition coefficient (Wildman–Crippen LogP) is 3.24. The number of ether oxygens (including phenoxy) is 1. The minimum atomic E-state index is -0.965. The maximum atomic E-state index is 10.7. The molecule has 0 amide bonds. The molecule has 0 radical (unpaired) electrons. The van der Waals surface area contributed by atoms with Crippen LogP contribution in [-0.2, 0) is 6.61 Å². The van der Waals surface area contributed by atoms with E-state index in [1.165, 1.54) is 18.2 Å². The first-order chi connectivity index (χ1) is 9.47. The fourth-order valence-corrected chi connectivity index (χ4v) is 2.39. The van der Waals surface area contributed by atoms with Crippen LogP contribution in [-0.4, -0.2) is 16.0 Å². The zero-order valence-corrected chi connectivity index (χ0v) is 11.3. The molecule has 0 bridgehead atoms. The van der Waals surface area contributed by atoms with Crippen molar-refractivity contribution in [3.63, 3.8) is 0 Å². The standard InChI is InChI=1S/C13H11NO5S/c1-8-6-9(14(17)18)2-4-11(8)19-7-10-3-5-12(20-10)13(15)16/h2-6H,7H2,1H3,(H,15,16). The van der Waals surface area contributed by atoms with Gasteiger partial charge in [-0.3, -0.25) is 10.1 Å². The van der Waals surface area contributed by atoms with Crippen molar-refractivity contribution in [3.8, 4) is 5.75 Å². The van der Waals surface area contributed by atoms with Gasteiger partial charge in [-0.15, -0.1) is 11.3 Å². The van der Waals surface area contributed by atoms with E-state index in [1.54, 1.807) is 19.1 Å². The summed E-state index contributed by atoms with van der Waals surface area (Å²) in [6.07, 6.45) is 0. The number of hydrogen-bond acceptors (Lipinski definition) is 5. The van der Waals surface area contributed by atoms with E-state index in [-0.39, 0.29) is 17.2 Å². The zero-order valence-electron chi connectivity index (χ0n) is 10.5. The van der Waals surface area contributed by atoms with Crippen LogP contribution < -0.4 is 4.74 Å². The summed E-state index contributed by atoms with van der Waals surface area (Å²) < 4.78 is 5.55. The van der Waals surface area contributed by atoms with Gasteiger partial charge in [0.15, 0.2) is 0 Å². The predicted molar refractivity (Wildman–Crippen MR) is 73.4 cm³/mol. The van der Waals surface area contributed by atoms with Crippen molar-refractivity contribution >= 4 is 23.0 Å². The first kappa shape index (κ1) is 14.0. The molecule has 6 nitrogen and oxygen atoms in total. The summed E-state index contributed by atoms with van der Waals surface area (Å²) in [6, 6.07) is 7.56. The Labute approximate surface area is 118 Å². The van der Waals surface area contributed by atoms with Crippen molar-refractivity contribution in [1.82, 2.24) is 0 Å². The van der Waals surface area contributed by atoms with Crippen molar-refractivity contribution in [1.29, 1.82) is 0 Å². The highest BCUT2D eigenvalue weighted by Crippen LogP contribution is 2.25. The van der Waals surface area contributed by atoms with Crippen LogP contribution in [0.25, 0.3) is 0 Å². The Balaban J connectivity index is 2.06. The first-order valence-corrected chi connectivity index (χ1v) is 6.49. The van der Waals surface area contributed by atoms with Gasteiger partial charge in [0.2, 0.25) is 0 Å². The van der Waals surface area contributed by atoms with Crippen molar-refractivity contribution in [2.24, 2.45) is 0 Å². The van der Waals surface area contributed by atoms with Gasteiger partial charge in [-0.2, -0.15) is 0 Å². The number of hydrogen-bond donors (Lipinski definition) is 1. The second kappa shape index (κ2) is 5.70. The zero-order chi connectivity index (χ0) is 14.7. The number of nitro benzene ring substituents is 1. The number of nitrogens with zero attached hydrogens (tertiary/aromatic N) is 1. The number of carboxylic acid groups (broad SMARTS) is 1. The van der Waals surface area contributed by atoms with Crippen LogP contribution in [0.2, 0.25) is 0 Å². The number of carbonyl (C=O) groups is 1. The molecule has 0 fully saturated rings. The average molecular weight is 293 g/mol. The number of aryl methyl sites for hydroxylation is 1. The molecule has 1 aromatic carbocycles. The van der Waals surface area contributed by atoms with Gasteiger partial charge in [-0.1, -0.05) is 0 Å². The van der Waals surface area contributed by atoms with Gasteiger partial charge in [-0.25, -0.2) is 4.79 Å². The average Bonchev–Trinajstić information content (AvgIpc) is 2.86. The summed E-state index contributed by atoms with van der Waals surface area (Å²) in [6.45, 7) is 1.95. The fourth-order valence-electron chi connectivity index (χ4n) is 1.63. The molecule has 0 atom stereocenters. The number of thiophene rings is 1. The minimum absolute atomic E-state index is 0.0131. The van der Waals surface area contributed by atoms with E-state index in [4.69, 9.17) is 9.84 Å². The lowest BCUT2D eigenvalue weighted by Crippen LogP contribution is -1.96. The lowest BCUT2D eigenvalue weighted by atomic mass is 10.2. The highest BCUT2D eigenvalue weighted by Gasteiger charge is 2.10. The number of benzene rings is 1. The van der Waals surface area contributed by atoms with E-state index < -0.39 is 10.9 Å². The molecule has 0 saturated carbocycles. The smallest absolute Gasteiger partial charge is 0.345 e. The second-order valence-electron chi connectivity index (χ2n) is 4.07. The molecule has 0 unspecified atom stereocenters. The number of rotatable bonds is 5. The third-order valence-corrected chi connectivity index (χ3v) is 3.66. The van der Waals surface area contributed by atoms with Gasteiger partial charge >= 0.3 is 5.97 Å². The maximum absolute atomic E-state index is 10.7. The summed E-state index contributed by atoms with van der Waals surface area (Å²) in [5.74, 6) is -0.423. The Morgan fingerprint density at radius 1 is 1.40 bits per heavy atom. The Kier molecular flexibility index (Phi) is 3.99. The van der Waals surface area contributed by atoms with Crippen LogP contribution in [0.1, 0.15) is 20.1 Å². The summed E-state index contributed by atoms with van der Waals surface area (Å²) in [5.41, 5.74) is 0.674. The van der Waals surface area contributed by atoms with Crippen molar-refractivity contribution in [2.45, 2.75) is 13.5 Å². The third kappa shape index (κ3) is 3.12. The highest BCUT2D eigenvalue weighted by atomic mass is 32.1. The third-order valence-electron chi connectivity index (χ3n) is 2.61. The molecular formula is C13H11NO5S. The number of nitro groups is 1. The Hall–Kier alpha value is -2.41. The molecular weight excluding hydrogens is 282 g/mol. The van der Waals surface area contributed by atoms with E-state index in [0.717, 1.165) is 16.2 Å². The molecule has 0 saturated heterocycles. The second-order valence-corrected chi connectivity index (χ2v) is 5.24. The molecule has 1 aromatic heterocycles. The van der Waals surface area contributed by atoms with Crippen molar-refractivity contribution in [2.75, 3.05) is 0 Å². The van der Waals surface area contributed by atoms with E-state index in [9.17, 15) is 14.9 Å². The molecule has 0 aliphatic rings. The lowest BCUT2D eigenvalue weighted by Gasteiger charge is -2.07. The van der Waals surface area contributed by atoms with Crippen LogP contribution in [0.15, 0.2) is 30.3 Å². The van der Waals surface area contributed by atoms with Crippen molar-refractivity contribution < 1.29 is 19.6 Å². The van der Waals surface area contributed by atoms with Gasteiger partial charge in [0.25, 0.3) is 5.69 Å². The van der Waals surface area contributed by atoms with Crippen molar-refractivity contribution in [3.05, 3.63) is 55.8 Å². The van der Waals surface area contributed by atoms with Crippen LogP contribution in [0, 0.1) is 17.0 Å². The fraction of sp³-hybridized carbons (Fsp3) is 0.154. The quantitative estimate of drug-likeness (QED) is 0.675. The van der Waals surface area contributed by atoms with Gasteiger partial charge in [0.05, 0.1) is 4.92 Å². The lowest BCUT2D eigenvalue weighted by molar-refractivity contribution is -0.384. The molecule has 0 spiro atoms. The molecule has 2 rings (SSSR count). The Morgan fingerprint density at radius 3 is 2.70 bits per heavy atom. The van der Waals surface area contributed by atoms with Gasteiger partial charge in [0.1, 0.15) is 17.2 Å². The Morgan fingerprint density at radius 2 is 2.15 bits per heavy atom. The topological polar surface area (TPSA) is 89.7 Å². The number of non-ortho nitro benzene ring substituents is 1. The van der Waals surface area contributed by atoms with Gasteiger partial charge in [0, 0.05) is 17.0 Å². The van der Waals surface area contributed by atoms with Gasteiger partial charge < -0.3 is 9.84 Å². The monoisotopic (exact) mass is 293 g/mol. The van der Waals surface area contributed by atoms with E-state index in [1.807, 2.05) is 0 Å². The molecule has 1 N–H and O–H groups in total.